The molecule has 0 aliphatic heterocycles. The van der Waals surface area contributed by atoms with Crippen LogP contribution in [-0.4, -0.2) is 10.9 Å². The van der Waals surface area contributed by atoms with E-state index in [4.69, 9.17) is 0 Å². The Morgan fingerprint density at radius 2 is 2.21 bits per heavy atom. The number of halogens is 1. The van der Waals surface area contributed by atoms with Gasteiger partial charge in [-0.05, 0) is 59.3 Å². The van der Waals surface area contributed by atoms with Crippen LogP contribution in [0.3, 0.4) is 0 Å². The van der Waals surface area contributed by atoms with E-state index in [2.05, 4.69) is 26.2 Å². The van der Waals surface area contributed by atoms with Gasteiger partial charge in [0.05, 0.1) is 15.0 Å². The van der Waals surface area contributed by atoms with Crippen LogP contribution in [-0.2, 0) is 12.8 Å². The number of nitrogens with zero attached hydrogens (tertiary/aromatic N) is 1. The highest BCUT2D eigenvalue weighted by molar-refractivity contribution is 9.10. The molecule has 1 aliphatic carbocycles. The highest BCUT2D eigenvalue weighted by Gasteiger charge is 2.17. The van der Waals surface area contributed by atoms with E-state index in [1.807, 2.05) is 6.07 Å². The van der Waals surface area contributed by atoms with Crippen molar-refractivity contribution in [1.29, 1.82) is 0 Å². The summed E-state index contributed by atoms with van der Waals surface area (Å²) >= 11 is 5.01. The normalized spacial score (nSPS) is 13.9. The second kappa shape index (κ2) is 5.43. The Kier molecular flexibility index (Phi) is 3.66. The largest absolute Gasteiger partial charge is 0.320 e. The molecule has 1 N–H and O–H groups in total. The van der Waals surface area contributed by atoms with Crippen molar-refractivity contribution in [3.8, 4) is 0 Å². The maximum Gasteiger partial charge on any atom is 0.265 e. The molecule has 3 rings (SSSR count). The van der Waals surface area contributed by atoms with Crippen LogP contribution in [0.4, 0.5) is 5.69 Å². The van der Waals surface area contributed by atoms with Crippen molar-refractivity contribution in [1.82, 2.24) is 4.98 Å². The Balaban J connectivity index is 1.81. The zero-order valence-corrected chi connectivity index (χ0v) is 12.7. The summed E-state index contributed by atoms with van der Waals surface area (Å²) in [6.07, 6.45) is 8.05. The molecule has 0 spiro atoms. The number of thiophene rings is 1. The second-order valence-electron chi connectivity index (χ2n) is 4.58. The monoisotopic (exact) mass is 336 g/mol. The zero-order chi connectivity index (χ0) is 13.2. The minimum Gasteiger partial charge on any atom is -0.320 e. The molecule has 2 aromatic rings. The molecule has 3 nitrogen and oxygen atoms in total. The summed E-state index contributed by atoms with van der Waals surface area (Å²) in [5.74, 6) is -0.0358. The van der Waals surface area contributed by atoms with Gasteiger partial charge in [-0.15, -0.1) is 11.3 Å². The minimum absolute atomic E-state index is 0.0358. The molecule has 0 saturated heterocycles. The predicted octanol–water partition coefficient (Wildman–Crippen LogP) is 4.04. The summed E-state index contributed by atoms with van der Waals surface area (Å²) in [4.78, 5) is 18.4. The molecule has 2 aromatic heterocycles. The van der Waals surface area contributed by atoms with Gasteiger partial charge in [-0.3, -0.25) is 9.78 Å². The van der Waals surface area contributed by atoms with E-state index in [1.165, 1.54) is 23.3 Å². The number of carbonyl (C=O) groups is 1. The molecule has 2 heterocycles. The number of hydrogen-bond donors (Lipinski definition) is 1. The Labute approximate surface area is 124 Å². The molecule has 98 valence electrons. The lowest BCUT2D eigenvalue weighted by atomic mass is 9.99. The summed E-state index contributed by atoms with van der Waals surface area (Å²) in [6.45, 7) is 0. The molecule has 0 aromatic carbocycles. The molecule has 1 amide bonds. The number of rotatable bonds is 2. The molecular formula is C14H13BrN2OS. The van der Waals surface area contributed by atoms with Crippen molar-refractivity contribution in [3.63, 3.8) is 0 Å². The highest BCUT2D eigenvalue weighted by Crippen LogP contribution is 2.30. The lowest BCUT2D eigenvalue weighted by Crippen LogP contribution is -2.10. The molecular weight excluding hydrogens is 324 g/mol. The lowest BCUT2D eigenvalue weighted by molar-refractivity contribution is 0.103. The smallest absolute Gasteiger partial charge is 0.265 e. The first-order valence-corrected chi connectivity index (χ1v) is 7.87. The summed E-state index contributed by atoms with van der Waals surface area (Å²) in [7, 11) is 0. The quantitative estimate of drug-likeness (QED) is 0.899. The van der Waals surface area contributed by atoms with Crippen LogP contribution >= 0.6 is 27.3 Å². The molecule has 19 heavy (non-hydrogen) atoms. The predicted molar refractivity (Wildman–Crippen MR) is 80.9 cm³/mol. The van der Waals surface area contributed by atoms with Gasteiger partial charge >= 0.3 is 0 Å². The van der Waals surface area contributed by atoms with Gasteiger partial charge in [0.1, 0.15) is 0 Å². The Morgan fingerprint density at radius 1 is 1.37 bits per heavy atom. The number of anilines is 1. The van der Waals surface area contributed by atoms with Gasteiger partial charge in [0.15, 0.2) is 0 Å². The highest BCUT2D eigenvalue weighted by atomic mass is 79.9. The van der Waals surface area contributed by atoms with E-state index in [1.54, 1.807) is 29.8 Å². The Bertz CT molecular complexity index is 600. The maximum absolute atomic E-state index is 12.2. The topological polar surface area (TPSA) is 42.0 Å². The number of fused-ring (bicyclic) bond motifs is 1. The lowest BCUT2D eigenvalue weighted by Gasteiger charge is -2.08. The van der Waals surface area contributed by atoms with E-state index in [0.29, 0.717) is 0 Å². The molecule has 0 radical (unpaired) electrons. The average Bonchev–Trinajstić information content (AvgIpc) is 2.85. The van der Waals surface area contributed by atoms with Crippen LogP contribution in [0.25, 0.3) is 0 Å². The number of amides is 1. The fourth-order valence-corrected chi connectivity index (χ4v) is 3.76. The van der Waals surface area contributed by atoms with E-state index >= 15 is 0 Å². The summed E-state index contributed by atoms with van der Waals surface area (Å²) in [5.41, 5.74) is 2.11. The summed E-state index contributed by atoms with van der Waals surface area (Å²) in [5, 5.41) is 2.92. The van der Waals surface area contributed by atoms with Gasteiger partial charge in [-0.2, -0.15) is 0 Å². The van der Waals surface area contributed by atoms with Crippen molar-refractivity contribution in [2.45, 2.75) is 25.7 Å². The van der Waals surface area contributed by atoms with Crippen LogP contribution in [0.5, 0.6) is 0 Å². The van der Waals surface area contributed by atoms with E-state index < -0.39 is 0 Å². The number of carbonyl (C=O) groups excluding carboxylic acids is 1. The molecule has 0 atom stereocenters. The van der Waals surface area contributed by atoms with Crippen molar-refractivity contribution in [2.75, 3.05) is 5.32 Å². The van der Waals surface area contributed by atoms with E-state index in [9.17, 15) is 4.79 Å². The third-order valence-electron chi connectivity index (χ3n) is 3.24. The number of aryl methyl sites for hydroxylation is 2. The average molecular weight is 337 g/mol. The first-order valence-electron chi connectivity index (χ1n) is 6.26. The molecule has 0 bridgehead atoms. The van der Waals surface area contributed by atoms with Gasteiger partial charge in [0, 0.05) is 17.3 Å². The molecule has 5 heteroatoms. The zero-order valence-electron chi connectivity index (χ0n) is 10.3. The first kappa shape index (κ1) is 12.8. The standard InChI is InChI=1S/C14H13BrN2OS/c15-10-8-16-6-5-11(10)17-14(18)13-7-9-3-1-2-4-12(9)19-13/h5-8H,1-4H2,(H,16,17,18). The second-order valence-corrected chi connectivity index (χ2v) is 6.57. The van der Waals surface area contributed by atoms with Crippen LogP contribution in [0.1, 0.15) is 33.0 Å². The fraction of sp³-hybridized carbons (Fsp3) is 0.286. The number of hydrogen-bond acceptors (Lipinski definition) is 3. The number of aromatic nitrogens is 1. The van der Waals surface area contributed by atoms with Gasteiger partial charge in [-0.1, -0.05) is 0 Å². The van der Waals surface area contributed by atoms with Crippen LogP contribution in [0.15, 0.2) is 29.0 Å². The minimum atomic E-state index is -0.0358. The SMILES string of the molecule is O=C(Nc1ccncc1Br)c1cc2c(s1)CCCC2. The van der Waals surface area contributed by atoms with Crippen LogP contribution in [0, 0.1) is 0 Å². The maximum atomic E-state index is 12.2. The van der Waals surface area contributed by atoms with E-state index in [0.717, 1.165) is 27.9 Å². The molecule has 1 aliphatic rings. The van der Waals surface area contributed by atoms with Gasteiger partial charge < -0.3 is 5.32 Å². The van der Waals surface area contributed by atoms with Gasteiger partial charge in [-0.25, -0.2) is 0 Å². The van der Waals surface area contributed by atoms with Crippen LogP contribution < -0.4 is 5.32 Å². The number of pyridine rings is 1. The van der Waals surface area contributed by atoms with Gasteiger partial charge in [0.2, 0.25) is 0 Å². The third-order valence-corrected chi connectivity index (χ3v) is 5.11. The van der Waals surface area contributed by atoms with Crippen molar-refractivity contribution in [3.05, 3.63) is 44.3 Å². The van der Waals surface area contributed by atoms with Crippen molar-refractivity contribution in [2.24, 2.45) is 0 Å². The Morgan fingerprint density at radius 3 is 3.00 bits per heavy atom. The third kappa shape index (κ3) is 2.72. The summed E-state index contributed by atoms with van der Waals surface area (Å²) in [6, 6.07) is 3.83. The Hall–Kier alpha value is -1.20. The molecule has 0 saturated carbocycles. The first-order chi connectivity index (χ1) is 9.24. The van der Waals surface area contributed by atoms with Crippen molar-refractivity contribution < 1.29 is 4.79 Å². The van der Waals surface area contributed by atoms with E-state index in [-0.39, 0.29) is 5.91 Å². The molecule has 0 unspecified atom stereocenters. The van der Waals surface area contributed by atoms with Crippen LogP contribution in [0.2, 0.25) is 0 Å². The molecule has 0 fully saturated rings. The number of nitrogens with one attached hydrogen (secondary N) is 1. The van der Waals surface area contributed by atoms with Crippen molar-refractivity contribution >= 4 is 38.9 Å². The van der Waals surface area contributed by atoms with Gasteiger partial charge in [0.25, 0.3) is 5.91 Å². The summed E-state index contributed by atoms with van der Waals surface area (Å²) < 4.78 is 0.796. The fourth-order valence-electron chi connectivity index (χ4n) is 2.26.